The lowest BCUT2D eigenvalue weighted by Crippen LogP contribution is -2.43. The zero-order valence-corrected chi connectivity index (χ0v) is 17.4. The average Bonchev–Trinajstić information content (AvgIpc) is 3.13. The van der Waals surface area contributed by atoms with Gasteiger partial charge in [-0.2, -0.15) is 15.2 Å². The summed E-state index contributed by atoms with van der Waals surface area (Å²) >= 11 is 0. The van der Waals surface area contributed by atoms with Crippen LogP contribution in [0, 0.1) is 5.92 Å². The maximum absolute atomic E-state index is 13.1. The molecule has 2 amide bonds. The molecule has 0 spiro atoms. The molecular formula is C25H22N4O3. The van der Waals surface area contributed by atoms with Crippen LogP contribution in [0.2, 0.25) is 0 Å². The van der Waals surface area contributed by atoms with Crippen LogP contribution >= 0.6 is 0 Å². The van der Waals surface area contributed by atoms with Crippen LogP contribution in [0.4, 0.5) is 5.69 Å². The van der Waals surface area contributed by atoms with Crippen LogP contribution in [0.25, 0.3) is 0 Å². The second kappa shape index (κ2) is 8.95. The van der Waals surface area contributed by atoms with E-state index in [2.05, 4.69) is 15.6 Å². The molecule has 0 aliphatic carbocycles. The Bertz CT molecular complexity index is 1120. The summed E-state index contributed by atoms with van der Waals surface area (Å²) in [6.45, 7) is 1.73. The third-order valence-corrected chi connectivity index (χ3v) is 5.28. The highest BCUT2D eigenvalue weighted by Crippen LogP contribution is 2.30. The van der Waals surface area contributed by atoms with Gasteiger partial charge < -0.3 is 5.11 Å². The van der Waals surface area contributed by atoms with Gasteiger partial charge in [0.2, 0.25) is 0 Å². The first-order valence-corrected chi connectivity index (χ1v) is 10.1. The third kappa shape index (κ3) is 3.93. The molecule has 0 aromatic heterocycles. The van der Waals surface area contributed by atoms with Crippen LogP contribution in [0.5, 0.6) is 0 Å². The second-order valence-electron chi connectivity index (χ2n) is 7.37. The van der Waals surface area contributed by atoms with Gasteiger partial charge in [-0.1, -0.05) is 78.9 Å². The number of rotatable bonds is 6. The lowest BCUT2D eigenvalue weighted by Gasteiger charge is -2.27. The predicted octanol–water partition coefficient (Wildman–Crippen LogP) is 3.06. The molecule has 1 aliphatic rings. The quantitative estimate of drug-likeness (QED) is 0.469. The van der Waals surface area contributed by atoms with Crippen molar-refractivity contribution in [3.63, 3.8) is 0 Å². The lowest BCUT2D eigenvalue weighted by atomic mass is 9.85. The molecule has 7 nitrogen and oxygen atoms in total. The highest BCUT2D eigenvalue weighted by Gasteiger charge is 2.40. The predicted molar refractivity (Wildman–Crippen MR) is 123 cm³/mol. The molecule has 0 saturated carbocycles. The van der Waals surface area contributed by atoms with E-state index in [1.54, 1.807) is 79.7 Å². The van der Waals surface area contributed by atoms with Gasteiger partial charge >= 0.3 is 0 Å². The van der Waals surface area contributed by atoms with Crippen molar-refractivity contribution < 1.29 is 14.7 Å². The lowest BCUT2D eigenvalue weighted by molar-refractivity contribution is -0.136. The maximum atomic E-state index is 13.1. The Kier molecular flexibility index (Phi) is 5.91. The van der Waals surface area contributed by atoms with Crippen molar-refractivity contribution in [3.05, 3.63) is 102 Å². The Morgan fingerprint density at radius 1 is 0.969 bits per heavy atom. The van der Waals surface area contributed by atoms with E-state index < -0.39 is 17.4 Å². The second-order valence-corrected chi connectivity index (χ2v) is 7.37. The fourth-order valence-corrected chi connectivity index (χ4v) is 3.54. The molecular weight excluding hydrogens is 404 g/mol. The summed E-state index contributed by atoms with van der Waals surface area (Å²) in [6, 6.07) is 26.4. The first kappa shape index (κ1) is 21.1. The van der Waals surface area contributed by atoms with Gasteiger partial charge in [0.05, 0.1) is 11.4 Å². The van der Waals surface area contributed by atoms with Gasteiger partial charge in [-0.05, 0) is 30.2 Å². The van der Waals surface area contributed by atoms with E-state index in [4.69, 9.17) is 0 Å². The number of carbonyl (C=O) groups excluding carboxylic acids is 2. The van der Waals surface area contributed by atoms with Crippen molar-refractivity contribution >= 4 is 29.4 Å². The molecule has 0 radical (unpaired) electrons. The molecule has 7 heteroatoms. The van der Waals surface area contributed by atoms with Gasteiger partial charge in [-0.25, -0.2) is 5.43 Å². The molecule has 1 heterocycles. The van der Waals surface area contributed by atoms with Crippen LogP contribution in [0.3, 0.4) is 0 Å². The van der Waals surface area contributed by atoms with Gasteiger partial charge in [0.25, 0.3) is 11.8 Å². The molecule has 3 aromatic carbocycles. The summed E-state index contributed by atoms with van der Waals surface area (Å²) in [5.41, 5.74) is 2.47. The fourth-order valence-electron chi connectivity index (χ4n) is 3.54. The first-order chi connectivity index (χ1) is 15.5. The van der Waals surface area contributed by atoms with Crippen LogP contribution in [0.1, 0.15) is 18.1 Å². The van der Waals surface area contributed by atoms with Crippen molar-refractivity contribution in [2.75, 3.05) is 5.01 Å². The zero-order valence-electron chi connectivity index (χ0n) is 17.4. The van der Waals surface area contributed by atoms with Gasteiger partial charge in [0.15, 0.2) is 5.60 Å². The van der Waals surface area contributed by atoms with E-state index in [1.807, 2.05) is 18.2 Å². The summed E-state index contributed by atoms with van der Waals surface area (Å²) in [5, 5.41) is 21.0. The van der Waals surface area contributed by atoms with Crippen molar-refractivity contribution in [1.82, 2.24) is 5.43 Å². The van der Waals surface area contributed by atoms with Crippen molar-refractivity contribution in [2.45, 2.75) is 12.5 Å². The van der Waals surface area contributed by atoms with Crippen molar-refractivity contribution in [1.29, 1.82) is 0 Å². The Labute approximate surface area is 185 Å². The Morgan fingerprint density at radius 2 is 1.47 bits per heavy atom. The molecule has 1 aliphatic heterocycles. The smallest absolute Gasteiger partial charge is 0.281 e. The molecule has 160 valence electrons. The number of para-hydroxylation sites is 1. The highest BCUT2D eigenvalue weighted by atomic mass is 16.3. The van der Waals surface area contributed by atoms with E-state index in [1.165, 1.54) is 11.2 Å². The molecule has 3 aromatic rings. The minimum absolute atomic E-state index is 0.270. The molecule has 0 unspecified atom stereocenters. The number of carbonyl (C=O) groups is 2. The maximum Gasteiger partial charge on any atom is 0.281 e. The number of hydrogen-bond donors (Lipinski definition) is 2. The van der Waals surface area contributed by atoms with E-state index >= 15 is 0 Å². The van der Waals surface area contributed by atoms with Crippen LogP contribution < -0.4 is 10.4 Å². The third-order valence-electron chi connectivity index (χ3n) is 5.28. The topological polar surface area (TPSA) is 94.4 Å². The van der Waals surface area contributed by atoms with E-state index in [0.29, 0.717) is 22.5 Å². The van der Waals surface area contributed by atoms with Crippen LogP contribution in [0.15, 0.2) is 101 Å². The van der Waals surface area contributed by atoms with Crippen LogP contribution in [-0.2, 0) is 15.2 Å². The normalized spacial score (nSPS) is 16.3. The number of nitrogens with one attached hydrogen (secondary N) is 1. The molecule has 32 heavy (non-hydrogen) atoms. The average molecular weight is 426 g/mol. The number of hydrazone groups is 2. The van der Waals surface area contributed by atoms with Gasteiger partial charge in [-0.3, -0.25) is 9.59 Å². The molecule has 0 bridgehead atoms. The monoisotopic (exact) mass is 426 g/mol. The zero-order chi connectivity index (χ0) is 22.6. The number of benzene rings is 3. The minimum Gasteiger partial charge on any atom is -0.372 e. The molecule has 0 fully saturated rings. The van der Waals surface area contributed by atoms with Crippen molar-refractivity contribution in [3.8, 4) is 0 Å². The first-order valence-electron chi connectivity index (χ1n) is 10.1. The Balaban J connectivity index is 1.54. The Hall–Kier alpha value is -4.10. The standard InChI is InChI=1S/C25H22N4O3/c1-18-22(23(30)29(28-18)21-15-9-4-10-16-21)17-26-27-24(31)25(32,19-11-5-2-6-12-19)20-13-7-3-8-14-20/h2-17,22,32H,1H3,(H,27,31)/b26-17-/t22-/m0/s1. The highest BCUT2D eigenvalue weighted by molar-refractivity contribution is 6.23. The summed E-state index contributed by atoms with van der Waals surface area (Å²) < 4.78 is 0. The number of aliphatic hydroxyl groups is 1. The molecule has 4 rings (SSSR count). The molecule has 0 saturated heterocycles. The summed E-state index contributed by atoms with van der Waals surface area (Å²) in [7, 11) is 0. The molecule has 1 atom stereocenters. The molecule has 2 N–H and O–H groups in total. The largest absolute Gasteiger partial charge is 0.372 e. The number of hydrogen-bond acceptors (Lipinski definition) is 5. The van der Waals surface area contributed by atoms with Gasteiger partial charge in [0.1, 0.15) is 5.92 Å². The van der Waals surface area contributed by atoms with Gasteiger partial charge in [0, 0.05) is 6.21 Å². The van der Waals surface area contributed by atoms with Gasteiger partial charge in [-0.15, -0.1) is 0 Å². The summed E-state index contributed by atoms with van der Waals surface area (Å²) in [6.07, 6.45) is 1.33. The van der Waals surface area contributed by atoms with E-state index in [0.717, 1.165) is 0 Å². The number of anilines is 1. The van der Waals surface area contributed by atoms with Crippen LogP contribution in [-0.4, -0.2) is 28.8 Å². The fraction of sp³-hybridized carbons (Fsp3) is 0.120. The Morgan fingerprint density at radius 3 is 2.00 bits per heavy atom. The van der Waals surface area contributed by atoms with E-state index in [9.17, 15) is 14.7 Å². The summed E-state index contributed by atoms with van der Waals surface area (Å²) in [4.78, 5) is 25.9. The van der Waals surface area contributed by atoms with E-state index in [-0.39, 0.29) is 5.91 Å². The number of nitrogens with zero attached hydrogens (tertiary/aromatic N) is 3. The number of amides is 2. The minimum atomic E-state index is -1.95. The summed E-state index contributed by atoms with van der Waals surface area (Å²) in [5.74, 6) is -1.71. The van der Waals surface area contributed by atoms with Crippen molar-refractivity contribution in [2.24, 2.45) is 16.1 Å². The SMILES string of the molecule is CC1=NN(c2ccccc2)C(=O)[C@H]1/C=N\NC(=O)C(O)(c1ccccc1)c1ccccc1.